The molecule has 2 N–H and O–H groups in total. The molecule has 0 amide bonds. The first-order valence-electron chi connectivity index (χ1n) is 6.43. The lowest BCUT2D eigenvalue weighted by atomic mass is 9.86. The molecule has 1 saturated carbocycles. The van der Waals surface area contributed by atoms with Crippen LogP contribution in [0.25, 0.3) is 0 Å². The fraction of sp³-hybridized carbons (Fsp3) is 0.615. The molecule has 1 fully saturated rings. The first-order chi connectivity index (χ1) is 8.58. The summed E-state index contributed by atoms with van der Waals surface area (Å²) in [6.07, 6.45) is 6.75. The molecule has 0 aromatic carbocycles. The Hall–Kier alpha value is -1.23. The van der Waals surface area contributed by atoms with Crippen LogP contribution in [0.5, 0.6) is 0 Å². The van der Waals surface area contributed by atoms with E-state index >= 15 is 0 Å². The summed E-state index contributed by atoms with van der Waals surface area (Å²) < 4.78 is 0. The second kappa shape index (κ2) is 5.61. The molecule has 2 atom stereocenters. The molecule has 0 spiro atoms. The summed E-state index contributed by atoms with van der Waals surface area (Å²) in [5.74, 6) is 1.50. The molecule has 4 nitrogen and oxygen atoms in total. The second-order valence-corrected chi connectivity index (χ2v) is 5.58. The van der Waals surface area contributed by atoms with Crippen molar-refractivity contribution in [3.8, 4) is 0 Å². The number of thiocarbonyl (C=S) groups is 1. The lowest BCUT2D eigenvalue weighted by molar-refractivity contribution is 0.334. The highest BCUT2D eigenvalue weighted by molar-refractivity contribution is 7.80. The van der Waals surface area contributed by atoms with Crippen molar-refractivity contribution in [2.75, 3.05) is 11.9 Å². The van der Waals surface area contributed by atoms with Crippen molar-refractivity contribution < 1.29 is 0 Å². The molecule has 1 heterocycles. The number of hydrogen-bond acceptors (Lipinski definition) is 4. The van der Waals surface area contributed by atoms with Crippen LogP contribution in [-0.4, -0.2) is 28.0 Å². The Balaban J connectivity index is 2.14. The van der Waals surface area contributed by atoms with E-state index in [0.717, 1.165) is 11.9 Å². The number of hydrogen-bond donors (Lipinski definition) is 1. The van der Waals surface area contributed by atoms with Crippen molar-refractivity contribution in [2.45, 2.75) is 38.6 Å². The van der Waals surface area contributed by atoms with E-state index in [9.17, 15) is 0 Å². The van der Waals surface area contributed by atoms with Gasteiger partial charge in [0, 0.05) is 19.3 Å². The molecule has 1 aliphatic rings. The van der Waals surface area contributed by atoms with Gasteiger partial charge in [-0.2, -0.15) is 0 Å². The maximum Gasteiger partial charge on any atom is 0.225 e. The third kappa shape index (κ3) is 2.96. The van der Waals surface area contributed by atoms with E-state index in [-0.39, 0.29) is 0 Å². The van der Waals surface area contributed by atoms with Crippen LogP contribution in [0.1, 0.15) is 38.3 Å². The number of aromatic nitrogens is 2. The molecule has 98 valence electrons. The fourth-order valence-electron chi connectivity index (χ4n) is 2.57. The monoisotopic (exact) mass is 264 g/mol. The molecule has 0 aliphatic heterocycles. The van der Waals surface area contributed by atoms with Gasteiger partial charge in [0.1, 0.15) is 10.7 Å². The lowest BCUT2D eigenvalue weighted by Crippen LogP contribution is -2.36. The molecule has 1 aromatic heterocycles. The minimum absolute atomic E-state index is 0.323. The van der Waals surface area contributed by atoms with Gasteiger partial charge in [0.05, 0.1) is 0 Å². The van der Waals surface area contributed by atoms with Crippen LogP contribution >= 0.6 is 12.2 Å². The van der Waals surface area contributed by atoms with E-state index in [2.05, 4.69) is 28.8 Å². The molecule has 18 heavy (non-hydrogen) atoms. The molecular formula is C13H20N4S. The van der Waals surface area contributed by atoms with E-state index in [1.165, 1.54) is 25.7 Å². The Kier molecular flexibility index (Phi) is 4.11. The predicted molar refractivity (Wildman–Crippen MR) is 77.7 cm³/mol. The third-order valence-electron chi connectivity index (χ3n) is 3.67. The quantitative estimate of drug-likeness (QED) is 0.848. The van der Waals surface area contributed by atoms with Crippen LogP contribution in [-0.2, 0) is 0 Å². The van der Waals surface area contributed by atoms with Gasteiger partial charge >= 0.3 is 0 Å². The van der Waals surface area contributed by atoms with Crippen molar-refractivity contribution in [2.24, 2.45) is 11.7 Å². The third-order valence-corrected chi connectivity index (χ3v) is 3.88. The summed E-state index contributed by atoms with van der Waals surface area (Å²) in [6, 6.07) is 2.28. The molecule has 1 aromatic rings. The molecule has 0 radical (unpaired) electrons. The summed E-state index contributed by atoms with van der Waals surface area (Å²) >= 11 is 4.95. The minimum Gasteiger partial charge on any atom is -0.388 e. The highest BCUT2D eigenvalue weighted by Gasteiger charge is 2.24. The summed E-state index contributed by atoms with van der Waals surface area (Å²) in [7, 11) is 2.06. The van der Waals surface area contributed by atoms with Gasteiger partial charge < -0.3 is 10.6 Å². The molecule has 5 heteroatoms. The van der Waals surface area contributed by atoms with Crippen LogP contribution in [0.2, 0.25) is 0 Å². The summed E-state index contributed by atoms with van der Waals surface area (Å²) in [5, 5.41) is 0. The topological polar surface area (TPSA) is 55.0 Å². The predicted octanol–water partition coefficient (Wildman–Crippen LogP) is 2.13. The first kappa shape index (κ1) is 13.2. The number of nitrogens with two attached hydrogens (primary N) is 1. The van der Waals surface area contributed by atoms with E-state index in [0.29, 0.717) is 16.7 Å². The van der Waals surface area contributed by atoms with Crippen LogP contribution in [0.15, 0.2) is 12.3 Å². The van der Waals surface area contributed by atoms with Crippen LogP contribution in [0.3, 0.4) is 0 Å². The Bertz CT molecular complexity index is 435. The molecule has 0 saturated heterocycles. The first-order valence-corrected chi connectivity index (χ1v) is 6.84. The SMILES string of the molecule is CC1CCCC(N(C)c2nccc(C(N)=S)n2)C1. The average Bonchev–Trinajstić information content (AvgIpc) is 2.38. The van der Waals surface area contributed by atoms with Gasteiger partial charge in [-0.15, -0.1) is 0 Å². The van der Waals surface area contributed by atoms with Crippen molar-refractivity contribution in [1.82, 2.24) is 9.97 Å². The highest BCUT2D eigenvalue weighted by atomic mass is 32.1. The normalized spacial score (nSPS) is 23.7. The summed E-state index contributed by atoms with van der Waals surface area (Å²) in [4.78, 5) is 11.2. The Morgan fingerprint density at radius 1 is 1.50 bits per heavy atom. The van der Waals surface area contributed by atoms with Crippen molar-refractivity contribution in [3.05, 3.63) is 18.0 Å². The lowest BCUT2D eigenvalue weighted by Gasteiger charge is -2.34. The number of nitrogens with zero attached hydrogens (tertiary/aromatic N) is 3. The number of rotatable bonds is 3. The van der Waals surface area contributed by atoms with E-state index in [4.69, 9.17) is 18.0 Å². The summed E-state index contributed by atoms with van der Waals surface area (Å²) in [6.45, 7) is 2.31. The van der Waals surface area contributed by atoms with Gasteiger partial charge in [-0.05, 0) is 24.8 Å². The van der Waals surface area contributed by atoms with E-state index < -0.39 is 0 Å². The van der Waals surface area contributed by atoms with Crippen molar-refractivity contribution >= 4 is 23.2 Å². The van der Waals surface area contributed by atoms with E-state index in [1.807, 2.05) is 0 Å². The standard InChI is InChI=1S/C13H20N4S/c1-9-4-3-5-10(8-9)17(2)13-15-7-6-11(16-13)12(14)18/h6-7,9-10H,3-5,8H2,1-2H3,(H2,14,18). The van der Waals surface area contributed by atoms with Crippen LogP contribution < -0.4 is 10.6 Å². The molecular weight excluding hydrogens is 244 g/mol. The van der Waals surface area contributed by atoms with Gasteiger partial charge in [-0.25, -0.2) is 9.97 Å². The zero-order chi connectivity index (χ0) is 13.1. The summed E-state index contributed by atoms with van der Waals surface area (Å²) in [5.41, 5.74) is 6.25. The molecule has 1 aliphatic carbocycles. The van der Waals surface area contributed by atoms with Crippen LogP contribution in [0, 0.1) is 5.92 Å². The van der Waals surface area contributed by atoms with Gasteiger partial charge in [0.25, 0.3) is 0 Å². The van der Waals surface area contributed by atoms with Crippen LogP contribution in [0.4, 0.5) is 5.95 Å². The van der Waals surface area contributed by atoms with Crippen molar-refractivity contribution in [1.29, 1.82) is 0 Å². The Labute approximate surface area is 114 Å². The minimum atomic E-state index is 0.323. The average molecular weight is 264 g/mol. The van der Waals surface area contributed by atoms with Gasteiger partial charge in [0.2, 0.25) is 5.95 Å². The van der Waals surface area contributed by atoms with Gasteiger partial charge in [-0.3, -0.25) is 0 Å². The van der Waals surface area contributed by atoms with Gasteiger partial charge in [0.15, 0.2) is 0 Å². The zero-order valence-electron chi connectivity index (χ0n) is 11.0. The Morgan fingerprint density at radius 2 is 2.28 bits per heavy atom. The van der Waals surface area contributed by atoms with Crippen molar-refractivity contribution in [3.63, 3.8) is 0 Å². The maximum atomic E-state index is 5.61. The largest absolute Gasteiger partial charge is 0.388 e. The molecule has 0 bridgehead atoms. The Morgan fingerprint density at radius 3 is 2.94 bits per heavy atom. The second-order valence-electron chi connectivity index (χ2n) is 5.14. The number of anilines is 1. The van der Waals surface area contributed by atoms with E-state index in [1.54, 1.807) is 12.3 Å². The van der Waals surface area contributed by atoms with Gasteiger partial charge in [-0.1, -0.05) is 32.0 Å². The smallest absolute Gasteiger partial charge is 0.225 e. The highest BCUT2D eigenvalue weighted by Crippen LogP contribution is 2.28. The zero-order valence-corrected chi connectivity index (χ0v) is 11.8. The maximum absolute atomic E-state index is 5.61. The fourth-order valence-corrected chi connectivity index (χ4v) is 2.69. The molecule has 2 unspecified atom stereocenters. The molecule has 2 rings (SSSR count).